The van der Waals surface area contributed by atoms with Crippen molar-refractivity contribution in [1.29, 1.82) is 0 Å². The van der Waals surface area contributed by atoms with E-state index in [-0.39, 0.29) is 0 Å². The molecule has 4 nitrogen and oxygen atoms in total. The lowest BCUT2D eigenvalue weighted by molar-refractivity contribution is -0.414. The maximum absolute atomic E-state index is 14.1. The minimum absolute atomic E-state index is 0.541. The maximum atomic E-state index is 14.1. The van der Waals surface area contributed by atoms with E-state index in [0.29, 0.717) is 20.8 Å². The predicted molar refractivity (Wildman–Crippen MR) is 118 cm³/mol. The Kier molecular flexibility index (Phi) is 12.0. The largest absolute Gasteiger partial charge is 0.459 e. The average molecular weight is 828 g/mol. The van der Waals surface area contributed by atoms with Gasteiger partial charge in [0, 0.05) is 0 Å². The molecule has 308 valence electrons. The van der Waals surface area contributed by atoms with E-state index >= 15 is 0 Å². The standard InChI is InChI=1S/C24H20F24O4/c1-13(2)8(9(49)51-6-15(29,30)19(37,38)23(45,46)21(41,42)17(33,34)10(25)26)4-5-14(13,3)12(50)52-7-16(31,32)20(39,40)24(47,48)22(43,44)18(35,36)11(27)28/h8,10-11H,4-7H2,1-3H3/t8?,14-/m1/s1. The Hall–Kier alpha value is -2.74. The lowest BCUT2D eigenvalue weighted by Gasteiger charge is -2.41. The molecule has 0 aromatic carbocycles. The Labute approximate surface area is 273 Å². The number of alkyl halides is 24. The Morgan fingerprint density at radius 1 is 0.538 bits per heavy atom. The van der Waals surface area contributed by atoms with Crippen LogP contribution in [0.2, 0.25) is 0 Å². The van der Waals surface area contributed by atoms with Crippen molar-refractivity contribution in [3.63, 3.8) is 0 Å². The van der Waals surface area contributed by atoms with Crippen molar-refractivity contribution in [2.75, 3.05) is 13.2 Å². The first-order valence-corrected chi connectivity index (χ1v) is 13.2. The van der Waals surface area contributed by atoms with Crippen LogP contribution in [0.3, 0.4) is 0 Å². The van der Waals surface area contributed by atoms with E-state index in [0.717, 1.165) is 0 Å². The van der Waals surface area contributed by atoms with Gasteiger partial charge in [-0.3, -0.25) is 9.59 Å². The van der Waals surface area contributed by atoms with Crippen LogP contribution in [0, 0.1) is 16.7 Å². The summed E-state index contributed by atoms with van der Waals surface area (Å²) in [6.07, 6.45) is -13.6. The molecule has 52 heavy (non-hydrogen) atoms. The normalized spacial score (nSPS) is 21.9. The van der Waals surface area contributed by atoms with Crippen LogP contribution in [-0.2, 0) is 19.1 Å². The van der Waals surface area contributed by atoms with Gasteiger partial charge in [-0.15, -0.1) is 0 Å². The zero-order valence-corrected chi connectivity index (χ0v) is 25.3. The van der Waals surface area contributed by atoms with Crippen LogP contribution in [0.25, 0.3) is 0 Å². The van der Waals surface area contributed by atoms with E-state index in [1.54, 1.807) is 0 Å². The van der Waals surface area contributed by atoms with E-state index in [4.69, 9.17) is 0 Å². The fraction of sp³-hybridized carbons (Fsp3) is 0.917. The summed E-state index contributed by atoms with van der Waals surface area (Å²) in [5, 5.41) is 0. The molecule has 0 amide bonds. The van der Waals surface area contributed by atoms with Gasteiger partial charge in [0.15, 0.2) is 13.2 Å². The third-order valence-electron chi connectivity index (χ3n) is 8.62. The second kappa shape index (κ2) is 13.2. The van der Waals surface area contributed by atoms with Crippen molar-refractivity contribution in [3.05, 3.63) is 0 Å². The van der Waals surface area contributed by atoms with E-state index in [1.807, 2.05) is 0 Å². The molecule has 0 radical (unpaired) electrons. The van der Waals surface area contributed by atoms with E-state index < -0.39 is 127 Å². The third-order valence-corrected chi connectivity index (χ3v) is 8.62. The fourth-order valence-corrected chi connectivity index (χ4v) is 4.58. The van der Waals surface area contributed by atoms with Gasteiger partial charge in [0.1, 0.15) is 0 Å². The zero-order chi connectivity index (χ0) is 42.1. The van der Waals surface area contributed by atoms with Crippen LogP contribution < -0.4 is 0 Å². The SMILES string of the molecule is CC1(C)C(C(=O)OCC(F)(F)C(F)(F)C(F)(F)C(F)(F)C(F)(F)C(F)F)CC[C@]1(C)C(=O)OCC(F)(F)C(F)(F)C(F)(F)C(F)(F)C(F)(F)C(F)F. The predicted octanol–water partition coefficient (Wildman–Crippen LogP) is 9.40. The molecular formula is C24H20F24O4. The number of carbonyl (C=O) groups excluding carboxylic acids is 2. The van der Waals surface area contributed by atoms with Gasteiger partial charge in [-0.25, -0.2) is 17.6 Å². The number of ether oxygens (including phenoxy) is 2. The molecule has 0 aromatic heterocycles. The minimum Gasteiger partial charge on any atom is -0.459 e. The van der Waals surface area contributed by atoms with E-state index in [9.17, 15) is 115 Å². The van der Waals surface area contributed by atoms with Gasteiger partial charge < -0.3 is 9.47 Å². The number of halogens is 24. The second-order valence-corrected chi connectivity index (χ2v) is 12.0. The van der Waals surface area contributed by atoms with Gasteiger partial charge in [-0.1, -0.05) is 13.8 Å². The van der Waals surface area contributed by atoms with Crippen LogP contribution in [0.1, 0.15) is 33.6 Å². The minimum atomic E-state index is -8.01. The molecule has 0 N–H and O–H groups in total. The molecule has 1 saturated carbocycles. The molecule has 1 aliphatic rings. The Morgan fingerprint density at radius 2 is 0.846 bits per heavy atom. The summed E-state index contributed by atoms with van der Waals surface area (Å²) in [5.74, 6) is -82.4. The second-order valence-electron chi connectivity index (χ2n) is 12.0. The number of esters is 2. The number of rotatable bonds is 16. The maximum Gasteiger partial charge on any atom is 0.384 e. The van der Waals surface area contributed by atoms with Gasteiger partial charge in [0.05, 0.1) is 11.3 Å². The highest BCUT2D eigenvalue weighted by Crippen LogP contribution is 2.61. The summed E-state index contributed by atoms with van der Waals surface area (Å²) >= 11 is 0. The Bertz CT molecular complexity index is 1320. The molecule has 28 heteroatoms. The van der Waals surface area contributed by atoms with E-state index in [2.05, 4.69) is 9.47 Å². The highest BCUT2D eigenvalue weighted by Gasteiger charge is 2.89. The molecule has 0 saturated heterocycles. The average Bonchev–Trinajstić information content (AvgIpc) is 3.22. The van der Waals surface area contributed by atoms with Crippen molar-refractivity contribution in [3.8, 4) is 0 Å². The van der Waals surface area contributed by atoms with Crippen molar-refractivity contribution >= 4 is 11.9 Å². The third kappa shape index (κ3) is 6.55. The van der Waals surface area contributed by atoms with Gasteiger partial charge >= 0.3 is 84.0 Å². The van der Waals surface area contributed by atoms with Crippen molar-refractivity contribution in [1.82, 2.24) is 0 Å². The van der Waals surface area contributed by atoms with Gasteiger partial charge in [0.25, 0.3) is 0 Å². The first-order chi connectivity index (χ1) is 22.5. The Morgan fingerprint density at radius 3 is 1.15 bits per heavy atom. The van der Waals surface area contributed by atoms with Crippen LogP contribution in [-0.4, -0.2) is 97.2 Å². The molecule has 1 unspecified atom stereocenters. The summed E-state index contributed by atoms with van der Waals surface area (Å²) in [5.41, 5.74) is -5.02. The summed E-state index contributed by atoms with van der Waals surface area (Å²) < 4.78 is 328. The lowest BCUT2D eigenvalue weighted by atomic mass is 9.65. The van der Waals surface area contributed by atoms with E-state index in [1.165, 1.54) is 0 Å². The number of hydrogen-bond acceptors (Lipinski definition) is 4. The molecule has 1 rings (SSSR count). The Balaban J connectivity index is 3.26. The highest BCUT2D eigenvalue weighted by molar-refractivity contribution is 5.82. The topological polar surface area (TPSA) is 52.6 Å². The van der Waals surface area contributed by atoms with Crippen LogP contribution in [0.5, 0.6) is 0 Å². The molecular weight excluding hydrogens is 808 g/mol. The van der Waals surface area contributed by atoms with Crippen LogP contribution in [0.4, 0.5) is 105 Å². The highest BCUT2D eigenvalue weighted by atomic mass is 19.4. The number of carbonyl (C=O) groups is 2. The van der Waals surface area contributed by atoms with Crippen molar-refractivity contribution in [2.24, 2.45) is 16.7 Å². The first kappa shape index (κ1) is 47.3. The molecule has 0 aromatic rings. The first-order valence-electron chi connectivity index (χ1n) is 13.2. The smallest absolute Gasteiger partial charge is 0.384 e. The van der Waals surface area contributed by atoms with Crippen LogP contribution in [0.15, 0.2) is 0 Å². The molecule has 0 aliphatic heterocycles. The summed E-state index contributed by atoms with van der Waals surface area (Å²) in [6, 6.07) is 0. The fourth-order valence-electron chi connectivity index (χ4n) is 4.58. The molecule has 0 spiro atoms. The van der Waals surface area contributed by atoms with Crippen molar-refractivity contribution < 1.29 is 124 Å². The summed E-state index contributed by atoms with van der Waals surface area (Å²) in [6.45, 7) is -5.00. The zero-order valence-electron chi connectivity index (χ0n) is 25.3. The van der Waals surface area contributed by atoms with Gasteiger partial charge in [0.2, 0.25) is 0 Å². The monoisotopic (exact) mass is 828 g/mol. The van der Waals surface area contributed by atoms with Crippen LogP contribution >= 0.6 is 0 Å². The summed E-state index contributed by atoms with van der Waals surface area (Å²) in [4.78, 5) is 25.0. The quantitative estimate of drug-likeness (QED) is 0.115. The number of hydrogen-bond donors (Lipinski definition) is 0. The molecule has 0 heterocycles. The molecule has 0 bridgehead atoms. The van der Waals surface area contributed by atoms with Crippen molar-refractivity contribution in [2.45, 2.75) is 106 Å². The molecule has 2 atom stereocenters. The van der Waals surface area contributed by atoms with Gasteiger partial charge in [-0.2, -0.15) is 87.8 Å². The molecule has 1 fully saturated rings. The summed E-state index contributed by atoms with van der Waals surface area (Å²) in [7, 11) is 0. The molecule has 1 aliphatic carbocycles. The van der Waals surface area contributed by atoms with Gasteiger partial charge in [-0.05, 0) is 25.2 Å². The lowest BCUT2D eigenvalue weighted by Crippen LogP contribution is -2.69.